The van der Waals surface area contributed by atoms with Crippen molar-refractivity contribution < 1.29 is 22.3 Å². The van der Waals surface area contributed by atoms with Crippen molar-refractivity contribution in [3.63, 3.8) is 0 Å². The Morgan fingerprint density at radius 1 is 1.05 bits per heavy atom. The number of alkyl halides is 3. The molecule has 2 aromatic rings. The summed E-state index contributed by atoms with van der Waals surface area (Å²) in [6.07, 6.45) is -4.62. The second-order valence-electron chi connectivity index (χ2n) is 4.13. The van der Waals surface area contributed by atoms with Gasteiger partial charge in [0, 0.05) is 11.6 Å². The Morgan fingerprint density at radius 2 is 1.71 bits per heavy atom. The van der Waals surface area contributed by atoms with Crippen LogP contribution >= 0.6 is 12.2 Å². The highest BCUT2D eigenvalue weighted by atomic mass is 32.1. The molecule has 0 heterocycles. The molecule has 0 aromatic heterocycles. The van der Waals surface area contributed by atoms with Gasteiger partial charge in [-0.1, -0.05) is 18.3 Å². The third kappa shape index (κ3) is 3.69. The summed E-state index contributed by atoms with van der Waals surface area (Å²) in [6, 6.07) is 8.27. The predicted octanol–water partition coefficient (Wildman–Crippen LogP) is 4.27. The van der Waals surface area contributed by atoms with E-state index in [0.29, 0.717) is 0 Å². The molecule has 0 bridgehead atoms. The Bertz CT molecular complexity index is 685. The molecule has 0 unspecified atom stereocenters. The fourth-order valence-corrected chi connectivity index (χ4v) is 1.88. The van der Waals surface area contributed by atoms with Gasteiger partial charge in [0.1, 0.15) is 22.3 Å². The first-order valence-corrected chi connectivity index (χ1v) is 6.12. The molecular weight excluding hydrogens is 306 g/mol. The number of halogens is 4. The largest absolute Gasteiger partial charge is 0.457 e. The Balaban J connectivity index is 2.40. The Morgan fingerprint density at radius 3 is 2.29 bits per heavy atom. The van der Waals surface area contributed by atoms with Crippen LogP contribution in [-0.4, -0.2) is 4.99 Å². The number of nitrogens with two attached hydrogens (primary N) is 1. The molecule has 2 aromatic carbocycles. The molecule has 7 heteroatoms. The van der Waals surface area contributed by atoms with Crippen LogP contribution in [0.3, 0.4) is 0 Å². The Hall–Kier alpha value is -2.15. The fraction of sp³-hybridized carbons (Fsp3) is 0.0714. The smallest absolute Gasteiger partial charge is 0.417 e. The summed E-state index contributed by atoms with van der Waals surface area (Å²) < 4.78 is 57.1. The molecule has 2 rings (SSSR count). The lowest BCUT2D eigenvalue weighted by molar-refractivity contribution is -0.137. The Labute approximate surface area is 123 Å². The zero-order valence-electron chi connectivity index (χ0n) is 10.4. The standard InChI is InChI=1S/C14H9F4NOS/c15-8-2-1-3-9(6-8)20-10-4-5-11(13(19)21)12(7-10)14(16,17)18/h1-7H,(H2,19,21). The maximum Gasteiger partial charge on any atom is 0.417 e. The van der Waals surface area contributed by atoms with Gasteiger partial charge >= 0.3 is 6.18 Å². The zero-order chi connectivity index (χ0) is 15.6. The first-order chi connectivity index (χ1) is 9.77. The molecule has 0 radical (unpaired) electrons. The molecule has 2 N–H and O–H groups in total. The van der Waals surface area contributed by atoms with Crippen molar-refractivity contribution in [1.29, 1.82) is 0 Å². The highest BCUT2D eigenvalue weighted by Gasteiger charge is 2.34. The second kappa shape index (κ2) is 5.69. The summed E-state index contributed by atoms with van der Waals surface area (Å²) in [7, 11) is 0. The van der Waals surface area contributed by atoms with Crippen LogP contribution in [0.4, 0.5) is 17.6 Å². The van der Waals surface area contributed by atoms with Crippen molar-refractivity contribution >= 4 is 17.2 Å². The number of hydrogen-bond acceptors (Lipinski definition) is 2. The van der Waals surface area contributed by atoms with Crippen LogP contribution in [0.25, 0.3) is 0 Å². The van der Waals surface area contributed by atoms with Crippen LogP contribution in [0.5, 0.6) is 11.5 Å². The Kier molecular flexibility index (Phi) is 4.13. The van der Waals surface area contributed by atoms with Crippen LogP contribution in [0.2, 0.25) is 0 Å². The minimum atomic E-state index is -4.62. The highest BCUT2D eigenvalue weighted by molar-refractivity contribution is 7.80. The van der Waals surface area contributed by atoms with Gasteiger partial charge in [-0.2, -0.15) is 13.2 Å². The normalized spacial score (nSPS) is 11.2. The maximum absolute atomic E-state index is 13.0. The van der Waals surface area contributed by atoms with Gasteiger partial charge in [0.25, 0.3) is 0 Å². The lowest BCUT2D eigenvalue weighted by Crippen LogP contribution is -2.17. The van der Waals surface area contributed by atoms with Crippen molar-refractivity contribution in [1.82, 2.24) is 0 Å². The molecule has 21 heavy (non-hydrogen) atoms. The number of ether oxygens (including phenoxy) is 1. The molecule has 0 saturated carbocycles. The van der Waals surface area contributed by atoms with Crippen LogP contribution in [0, 0.1) is 5.82 Å². The van der Waals surface area contributed by atoms with E-state index < -0.39 is 17.6 Å². The number of rotatable bonds is 3. The van der Waals surface area contributed by atoms with E-state index in [-0.39, 0.29) is 22.1 Å². The molecular formula is C14H9F4NOS. The fourth-order valence-electron chi connectivity index (χ4n) is 1.70. The number of benzene rings is 2. The summed E-state index contributed by atoms with van der Waals surface area (Å²) in [4.78, 5) is -0.361. The van der Waals surface area contributed by atoms with E-state index in [4.69, 9.17) is 10.5 Å². The van der Waals surface area contributed by atoms with E-state index in [2.05, 4.69) is 12.2 Å². The van der Waals surface area contributed by atoms with Crippen molar-refractivity contribution in [3.8, 4) is 11.5 Å². The van der Waals surface area contributed by atoms with E-state index >= 15 is 0 Å². The molecule has 0 aliphatic carbocycles. The zero-order valence-corrected chi connectivity index (χ0v) is 11.3. The molecule has 0 aliphatic rings. The molecule has 0 fully saturated rings. The van der Waals surface area contributed by atoms with Crippen molar-refractivity contribution in [3.05, 3.63) is 59.4 Å². The first kappa shape index (κ1) is 15.2. The third-order valence-electron chi connectivity index (χ3n) is 2.59. The molecule has 0 spiro atoms. The van der Waals surface area contributed by atoms with Crippen LogP contribution in [-0.2, 0) is 6.18 Å². The van der Waals surface area contributed by atoms with Gasteiger partial charge in [-0.3, -0.25) is 0 Å². The number of hydrogen-bond donors (Lipinski definition) is 1. The predicted molar refractivity (Wildman–Crippen MR) is 73.8 cm³/mol. The van der Waals surface area contributed by atoms with Gasteiger partial charge in [-0.25, -0.2) is 4.39 Å². The molecule has 0 atom stereocenters. The van der Waals surface area contributed by atoms with E-state index in [1.54, 1.807) is 0 Å². The van der Waals surface area contributed by atoms with Gasteiger partial charge in [-0.15, -0.1) is 0 Å². The van der Waals surface area contributed by atoms with Gasteiger partial charge in [0.2, 0.25) is 0 Å². The lowest BCUT2D eigenvalue weighted by Gasteiger charge is -2.14. The van der Waals surface area contributed by atoms with Crippen LogP contribution in [0.15, 0.2) is 42.5 Å². The van der Waals surface area contributed by atoms with Crippen LogP contribution in [0.1, 0.15) is 11.1 Å². The SMILES string of the molecule is NC(=S)c1ccc(Oc2cccc(F)c2)cc1C(F)(F)F. The molecule has 0 saturated heterocycles. The lowest BCUT2D eigenvalue weighted by atomic mass is 10.1. The van der Waals surface area contributed by atoms with Gasteiger partial charge in [0.15, 0.2) is 0 Å². The topological polar surface area (TPSA) is 35.2 Å². The maximum atomic E-state index is 13.0. The summed E-state index contributed by atoms with van der Waals surface area (Å²) in [6.45, 7) is 0. The van der Waals surface area contributed by atoms with Gasteiger partial charge in [0.05, 0.1) is 5.56 Å². The third-order valence-corrected chi connectivity index (χ3v) is 2.81. The minimum Gasteiger partial charge on any atom is -0.457 e. The van der Waals surface area contributed by atoms with E-state index in [9.17, 15) is 17.6 Å². The first-order valence-electron chi connectivity index (χ1n) is 5.72. The summed E-state index contributed by atoms with van der Waals surface area (Å²) in [5, 5.41) is 0. The molecule has 0 amide bonds. The monoisotopic (exact) mass is 315 g/mol. The van der Waals surface area contributed by atoms with Crippen molar-refractivity contribution in [2.75, 3.05) is 0 Å². The van der Waals surface area contributed by atoms with E-state index in [1.807, 2.05) is 0 Å². The number of thiocarbonyl (C=S) groups is 1. The summed E-state index contributed by atoms with van der Waals surface area (Å²) in [5.41, 5.74) is 3.99. The minimum absolute atomic E-state index is 0.0891. The van der Waals surface area contributed by atoms with Crippen molar-refractivity contribution in [2.45, 2.75) is 6.18 Å². The molecule has 2 nitrogen and oxygen atoms in total. The molecule has 0 aliphatic heterocycles. The second-order valence-corrected chi connectivity index (χ2v) is 4.57. The van der Waals surface area contributed by atoms with Crippen LogP contribution < -0.4 is 10.5 Å². The summed E-state index contributed by atoms with van der Waals surface area (Å²) in [5.74, 6) is -0.553. The average molecular weight is 315 g/mol. The van der Waals surface area contributed by atoms with E-state index in [0.717, 1.165) is 18.2 Å². The highest BCUT2D eigenvalue weighted by Crippen LogP contribution is 2.35. The summed E-state index contributed by atoms with van der Waals surface area (Å²) >= 11 is 4.60. The quantitative estimate of drug-likeness (QED) is 0.678. The average Bonchev–Trinajstić information content (AvgIpc) is 2.37. The van der Waals surface area contributed by atoms with E-state index in [1.165, 1.54) is 24.3 Å². The van der Waals surface area contributed by atoms with Gasteiger partial charge < -0.3 is 10.5 Å². The molecule has 110 valence electrons. The van der Waals surface area contributed by atoms with Gasteiger partial charge in [-0.05, 0) is 30.3 Å². The van der Waals surface area contributed by atoms with Crippen molar-refractivity contribution in [2.24, 2.45) is 5.73 Å².